The number of carbonyl (C=O) groups is 1. The average Bonchev–Trinajstić information content (AvgIpc) is 2.30. The second-order valence-corrected chi connectivity index (χ2v) is 3.93. The maximum Gasteiger partial charge on any atom is 0.254 e. The number of unbranched alkanes of at least 4 members (excludes halogenated alkanes) is 2. The van der Waals surface area contributed by atoms with E-state index in [9.17, 15) is 4.79 Å². The highest BCUT2D eigenvalue weighted by Gasteiger charge is 2.03. The predicted octanol–water partition coefficient (Wildman–Crippen LogP) is 1.77. The quantitative estimate of drug-likeness (QED) is 0.634. The molecule has 0 fully saturated rings. The van der Waals surface area contributed by atoms with E-state index in [4.69, 9.17) is 0 Å². The highest BCUT2D eigenvalue weighted by atomic mass is 79.9. The van der Waals surface area contributed by atoms with Crippen LogP contribution in [0.15, 0.2) is 18.7 Å². The molecule has 5 heteroatoms. The SMILES string of the molecule is O=C(NCCCCCBr)c1cncnc1. The van der Waals surface area contributed by atoms with Crippen LogP contribution in [0, 0.1) is 0 Å². The molecule has 0 aliphatic heterocycles. The summed E-state index contributed by atoms with van der Waals surface area (Å²) in [5.74, 6) is -0.102. The summed E-state index contributed by atoms with van der Waals surface area (Å²) in [6.07, 6.45) is 7.71. The maximum atomic E-state index is 11.5. The summed E-state index contributed by atoms with van der Waals surface area (Å²) < 4.78 is 0. The molecule has 1 amide bonds. The van der Waals surface area contributed by atoms with E-state index in [-0.39, 0.29) is 5.91 Å². The number of nitrogens with one attached hydrogen (secondary N) is 1. The van der Waals surface area contributed by atoms with Crippen LogP contribution < -0.4 is 5.32 Å². The van der Waals surface area contributed by atoms with Crippen LogP contribution in [0.3, 0.4) is 0 Å². The Hall–Kier alpha value is -0.970. The topological polar surface area (TPSA) is 54.9 Å². The molecule has 1 heterocycles. The number of hydrogen-bond donors (Lipinski definition) is 1. The highest BCUT2D eigenvalue weighted by molar-refractivity contribution is 9.09. The predicted molar refractivity (Wildman–Crippen MR) is 62.0 cm³/mol. The summed E-state index contributed by atoms with van der Waals surface area (Å²) in [4.78, 5) is 19.0. The molecule has 0 aliphatic rings. The number of nitrogens with zero attached hydrogens (tertiary/aromatic N) is 2. The van der Waals surface area contributed by atoms with Gasteiger partial charge in [0.1, 0.15) is 6.33 Å². The molecule has 4 nitrogen and oxygen atoms in total. The van der Waals surface area contributed by atoms with Gasteiger partial charge in [-0.3, -0.25) is 4.79 Å². The van der Waals surface area contributed by atoms with Crippen molar-refractivity contribution in [3.63, 3.8) is 0 Å². The van der Waals surface area contributed by atoms with E-state index >= 15 is 0 Å². The lowest BCUT2D eigenvalue weighted by atomic mass is 10.2. The Morgan fingerprint density at radius 3 is 2.67 bits per heavy atom. The number of rotatable bonds is 6. The van der Waals surface area contributed by atoms with Crippen molar-refractivity contribution in [1.29, 1.82) is 0 Å². The van der Waals surface area contributed by atoms with E-state index < -0.39 is 0 Å². The van der Waals surface area contributed by atoms with Crippen LogP contribution >= 0.6 is 15.9 Å². The molecule has 1 aromatic rings. The maximum absolute atomic E-state index is 11.5. The van der Waals surface area contributed by atoms with Crippen molar-refractivity contribution in [2.45, 2.75) is 19.3 Å². The number of aromatic nitrogens is 2. The van der Waals surface area contributed by atoms with Crippen molar-refractivity contribution < 1.29 is 4.79 Å². The highest BCUT2D eigenvalue weighted by Crippen LogP contribution is 1.98. The van der Waals surface area contributed by atoms with Gasteiger partial charge >= 0.3 is 0 Å². The van der Waals surface area contributed by atoms with Crippen molar-refractivity contribution in [2.75, 3.05) is 11.9 Å². The van der Waals surface area contributed by atoms with Gasteiger partial charge in [0, 0.05) is 24.3 Å². The molecular weight excluding hydrogens is 258 g/mol. The molecular formula is C10H14BrN3O. The van der Waals surface area contributed by atoms with E-state index in [1.54, 1.807) is 0 Å². The fraction of sp³-hybridized carbons (Fsp3) is 0.500. The normalized spacial score (nSPS) is 9.93. The van der Waals surface area contributed by atoms with E-state index in [0.29, 0.717) is 12.1 Å². The minimum atomic E-state index is -0.102. The molecule has 0 bridgehead atoms. The Bertz CT molecular complexity index is 292. The summed E-state index contributed by atoms with van der Waals surface area (Å²) in [5, 5.41) is 3.84. The number of halogens is 1. The second-order valence-electron chi connectivity index (χ2n) is 3.13. The first-order valence-electron chi connectivity index (χ1n) is 4.94. The Labute approximate surface area is 97.6 Å². The first-order chi connectivity index (χ1) is 7.34. The van der Waals surface area contributed by atoms with Gasteiger partial charge in [-0.25, -0.2) is 9.97 Å². The summed E-state index contributed by atoms with van der Waals surface area (Å²) in [6.45, 7) is 0.709. The molecule has 1 aromatic heterocycles. The van der Waals surface area contributed by atoms with Gasteiger partial charge in [-0.2, -0.15) is 0 Å². The minimum absolute atomic E-state index is 0.102. The summed E-state index contributed by atoms with van der Waals surface area (Å²) >= 11 is 3.36. The zero-order chi connectivity index (χ0) is 10.9. The van der Waals surface area contributed by atoms with E-state index in [1.807, 2.05) is 0 Å². The van der Waals surface area contributed by atoms with Crippen LogP contribution in [-0.2, 0) is 0 Å². The Kier molecular flexibility index (Phi) is 5.92. The molecule has 0 unspecified atom stereocenters. The fourth-order valence-electron chi connectivity index (χ4n) is 1.12. The van der Waals surface area contributed by atoms with Gasteiger partial charge in [-0.1, -0.05) is 22.4 Å². The zero-order valence-electron chi connectivity index (χ0n) is 8.45. The van der Waals surface area contributed by atoms with Crippen LogP contribution in [0.4, 0.5) is 0 Å². The third-order valence-electron chi connectivity index (χ3n) is 1.92. The molecule has 1 N–H and O–H groups in total. The van der Waals surface area contributed by atoms with Gasteiger partial charge in [-0.05, 0) is 12.8 Å². The van der Waals surface area contributed by atoms with Crippen LogP contribution in [-0.4, -0.2) is 27.7 Å². The number of carbonyl (C=O) groups excluding carboxylic acids is 1. The van der Waals surface area contributed by atoms with Crippen molar-refractivity contribution >= 4 is 21.8 Å². The standard InChI is InChI=1S/C10H14BrN3O/c11-4-2-1-3-5-14-10(15)9-6-12-8-13-7-9/h6-8H,1-5H2,(H,14,15). The zero-order valence-corrected chi connectivity index (χ0v) is 10.0. The third kappa shape index (κ3) is 4.88. The van der Waals surface area contributed by atoms with Crippen LogP contribution in [0.25, 0.3) is 0 Å². The van der Waals surface area contributed by atoms with Gasteiger partial charge in [0.2, 0.25) is 0 Å². The van der Waals surface area contributed by atoms with Gasteiger partial charge < -0.3 is 5.32 Å². The van der Waals surface area contributed by atoms with Crippen LogP contribution in [0.2, 0.25) is 0 Å². The van der Waals surface area contributed by atoms with Gasteiger partial charge in [0.25, 0.3) is 5.91 Å². The Balaban J connectivity index is 2.20. The van der Waals surface area contributed by atoms with E-state index in [2.05, 4.69) is 31.2 Å². The van der Waals surface area contributed by atoms with E-state index in [0.717, 1.165) is 24.6 Å². The molecule has 0 spiro atoms. The number of alkyl halides is 1. The second kappa shape index (κ2) is 7.34. The number of hydrogen-bond acceptors (Lipinski definition) is 3. The van der Waals surface area contributed by atoms with Crippen LogP contribution in [0.1, 0.15) is 29.6 Å². The molecule has 15 heavy (non-hydrogen) atoms. The lowest BCUT2D eigenvalue weighted by Gasteiger charge is -2.03. The fourth-order valence-corrected chi connectivity index (χ4v) is 1.51. The lowest BCUT2D eigenvalue weighted by Crippen LogP contribution is -2.24. The molecule has 1 rings (SSSR count). The minimum Gasteiger partial charge on any atom is -0.352 e. The Morgan fingerprint density at radius 1 is 1.27 bits per heavy atom. The van der Waals surface area contributed by atoms with Gasteiger partial charge in [0.05, 0.1) is 5.56 Å². The first-order valence-corrected chi connectivity index (χ1v) is 6.06. The van der Waals surface area contributed by atoms with Crippen molar-refractivity contribution in [3.05, 3.63) is 24.3 Å². The molecule has 0 atom stereocenters. The molecule has 0 aromatic carbocycles. The summed E-state index contributed by atoms with van der Waals surface area (Å²) in [6, 6.07) is 0. The van der Waals surface area contributed by atoms with Crippen molar-refractivity contribution in [2.24, 2.45) is 0 Å². The van der Waals surface area contributed by atoms with Gasteiger partial charge in [-0.15, -0.1) is 0 Å². The van der Waals surface area contributed by atoms with Crippen molar-refractivity contribution in [1.82, 2.24) is 15.3 Å². The first kappa shape index (κ1) is 12.1. The molecule has 0 saturated heterocycles. The van der Waals surface area contributed by atoms with E-state index in [1.165, 1.54) is 18.7 Å². The van der Waals surface area contributed by atoms with Gasteiger partial charge in [0.15, 0.2) is 0 Å². The molecule has 0 aliphatic carbocycles. The van der Waals surface area contributed by atoms with Crippen molar-refractivity contribution in [3.8, 4) is 0 Å². The average molecular weight is 272 g/mol. The molecule has 0 saturated carbocycles. The summed E-state index contributed by atoms with van der Waals surface area (Å²) in [5.41, 5.74) is 0.512. The lowest BCUT2D eigenvalue weighted by molar-refractivity contribution is 0.0952. The monoisotopic (exact) mass is 271 g/mol. The Morgan fingerprint density at radius 2 is 2.00 bits per heavy atom. The molecule has 0 radical (unpaired) electrons. The number of amides is 1. The molecule has 82 valence electrons. The largest absolute Gasteiger partial charge is 0.352 e. The summed E-state index contributed by atoms with van der Waals surface area (Å²) in [7, 11) is 0. The third-order valence-corrected chi connectivity index (χ3v) is 2.48. The van der Waals surface area contributed by atoms with Crippen LogP contribution in [0.5, 0.6) is 0 Å². The smallest absolute Gasteiger partial charge is 0.254 e.